The van der Waals surface area contributed by atoms with E-state index >= 15 is 0 Å². The number of aromatic nitrogens is 4. The van der Waals surface area contributed by atoms with Crippen molar-refractivity contribution in [3.63, 3.8) is 0 Å². The maximum atomic E-state index is 12.6. The van der Waals surface area contributed by atoms with Crippen LogP contribution in [0.4, 0.5) is 13.2 Å². The molecule has 0 aliphatic heterocycles. The summed E-state index contributed by atoms with van der Waals surface area (Å²) in [6, 6.07) is 0.775. The molecule has 2 heterocycles. The highest BCUT2D eigenvalue weighted by molar-refractivity contribution is 5.92. The first-order valence-corrected chi connectivity index (χ1v) is 7.03. The van der Waals surface area contributed by atoms with Crippen LogP contribution in [-0.4, -0.2) is 43.7 Å². The van der Waals surface area contributed by atoms with Crippen LogP contribution in [0.15, 0.2) is 18.5 Å². The highest BCUT2D eigenvalue weighted by Gasteiger charge is 2.35. The van der Waals surface area contributed by atoms with Gasteiger partial charge in [0.1, 0.15) is 11.5 Å². The molecule has 0 unspecified atom stereocenters. The van der Waals surface area contributed by atoms with Gasteiger partial charge in [-0.1, -0.05) is 0 Å². The predicted molar refractivity (Wildman–Crippen MR) is 76.7 cm³/mol. The van der Waals surface area contributed by atoms with Crippen LogP contribution < -0.4 is 0 Å². The van der Waals surface area contributed by atoms with Gasteiger partial charge in [0.15, 0.2) is 5.69 Å². The zero-order valence-electron chi connectivity index (χ0n) is 13.1. The standard InChI is InChI=1S/C14H18F3N5O/c1-20-8-6-18-12(20)5-4-7-21(2)13(23)10-9-11(14(15,16)17)19-22(10)3/h6,8-9H,4-5,7H2,1-3H3. The van der Waals surface area contributed by atoms with Gasteiger partial charge in [-0.05, 0) is 6.42 Å². The van der Waals surface area contributed by atoms with Gasteiger partial charge < -0.3 is 9.47 Å². The number of aryl methyl sites for hydroxylation is 3. The molecule has 2 rings (SSSR count). The van der Waals surface area contributed by atoms with Crippen LogP contribution >= 0.6 is 0 Å². The fraction of sp³-hybridized carbons (Fsp3) is 0.500. The third-order valence-corrected chi connectivity index (χ3v) is 3.55. The van der Waals surface area contributed by atoms with E-state index in [1.807, 2.05) is 17.8 Å². The van der Waals surface area contributed by atoms with Crippen LogP contribution in [0.25, 0.3) is 0 Å². The van der Waals surface area contributed by atoms with E-state index in [4.69, 9.17) is 0 Å². The van der Waals surface area contributed by atoms with Gasteiger partial charge in [0.05, 0.1) is 0 Å². The van der Waals surface area contributed by atoms with Crippen molar-refractivity contribution in [2.24, 2.45) is 14.1 Å². The number of carbonyl (C=O) groups excluding carboxylic acids is 1. The molecule has 1 amide bonds. The lowest BCUT2D eigenvalue weighted by molar-refractivity contribution is -0.141. The van der Waals surface area contributed by atoms with Gasteiger partial charge in [-0.2, -0.15) is 18.3 Å². The SMILES string of the molecule is CN(CCCc1nccn1C)C(=O)c1cc(C(F)(F)F)nn1C. The first-order chi connectivity index (χ1) is 10.7. The summed E-state index contributed by atoms with van der Waals surface area (Å²) in [4.78, 5) is 17.8. The molecule has 9 heteroatoms. The molecule has 23 heavy (non-hydrogen) atoms. The average molecular weight is 329 g/mol. The number of hydrogen-bond donors (Lipinski definition) is 0. The van der Waals surface area contributed by atoms with Gasteiger partial charge in [-0.3, -0.25) is 9.48 Å². The molecule has 6 nitrogen and oxygen atoms in total. The van der Waals surface area contributed by atoms with Crippen LogP contribution in [0.5, 0.6) is 0 Å². The van der Waals surface area contributed by atoms with E-state index in [1.165, 1.54) is 11.9 Å². The molecule has 2 aromatic heterocycles. The Bertz CT molecular complexity index is 689. The van der Waals surface area contributed by atoms with E-state index in [-0.39, 0.29) is 5.69 Å². The normalized spacial score (nSPS) is 11.7. The number of imidazole rings is 1. The molecule has 0 atom stereocenters. The Balaban J connectivity index is 1.97. The molecule has 0 N–H and O–H groups in total. The molecule has 2 aromatic rings. The lowest BCUT2D eigenvalue weighted by Crippen LogP contribution is -2.29. The summed E-state index contributed by atoms with van der Waals surface area (Å²) in [7, 11) is 4.76. The molecule has 0 aliphatic carbocycles. The van der Waals surface area contributed by atoms with Crippen molar-refractivity contribution in [1.82, 2.24) is 24.2 Å². The van der Waals surface area contributed by atoms with Crippen LogP contribution in [0.2, 0.25) is 0 Å². The van der Waals surface area contributed by atoms with E-state index in [0.717, 1.165) is 16.6 Å². The highest BCUT2D eigenvalue weighted by Crippen LogP contribution is 2.28. The summed E-state index contributed by atoms with van der Waals surface area (Å²) in [6.45, 7) is 0.415. The fourth-order valence-electron chi connectivity index (χ4n) is 2.21. The number of halogens is 3. The zero-order valence-corrected chi connectivity index (χ0v) is 13.1. The smallest absolute Gasteiger partial charge is 0.340 e. The van der Waals surface area contributed by atoms with E-state index < -0.39 is 17.8 Å². The average Bonchev–Trinajstić information content (AvgIpc) is 3.04. The number of amides is 1. The Morgan fingerprint density at radius 3 is 2.57 bits per heavy atom. The van der Waals surface area contributed by atoms with E-state index in [0.29, 0.717) is 19.4 Å². The first-order valence-electron chi connectivity index (χ1n) is 7.03. The maximum Gasteiger partial charge on any atom is 0.435 e. The van der Waals surface area contributed by atoms with E-state index in [1.54, 1.807) is 13.2 Å². The molecule has 0 spiro atoms. The van der Waals surface area contributed by atoms with Gasteiger partial charge in [-0.15, -0.1) is 0 Å². The van der Waals surface area contributed by atoms with Gasteiger partial charge >= 0.3 is 6.18 Å². The van der Waals surface area contributed by atoms with Crippen molar-refractivity contribution >= 4 is 5.91 Å². The highest BCUT2D eigenvalue weighted by atomic mass is 19.4. The molecular formula is C14H18F3N5O. The molecule has 0 radical (unpaired) electrons. The van der Waals surface area contributed by atoms with Crippen LogP contribution in [0.3, 0.4) is 0 Å². The van der Waals surface area contributed by atoms with Crippen molar-refractivity contribution in [1.29, 1.82) is 0 Å². The van der Waals surface area contributed by atoms with Gasteiger partial charge in [0.2, 0.25) is 0 Å². The minimum absolute atomic E-state index is 0.0863. The second-order valence-corrected chi connectivity index (χ2v) is 5.32. The largest absolute Gasteiger partial charge is 0.435 e. The van der Waals surface area contributed by atoms with Crippen molar-refractivity contribution < 1.29 is 18.0 Å². The quantitative estimate of drug-likeness (QED) is 0.841. The number of carbonyl (C=O) groups is 1. The summed E-state index contributed by atoms with van der Waals surface area (Å²) in [5, 5.41) is 3.35. The Labute approximate surface area is 131 Å². The number of alkyl halides is 3. The van der Waals surface area contributed by atoms with Crippen molar-refractivity contribution in [3.8, 4) is 0 Å². The summed E-state index contributed by atoms with van der Waals surface area (Å²) in [6.07, 6.45) is 0.307. The lowest BCUT2D eigenvalue weighted by Gasteiger charge is -2.16. The molecule has 0 saturated heterocycles. The van der Waals surface area contributed by atoms with Crippen molar-refractivity contribution in [2.75, 3.05) is 13.6 Å². The summed E-state index contributed by atoms with van der Waals surface area (Å²) in [5.41, 5.74) is -1.15. The van der Waals surface area contributed by atoms with Crippen LogP contribution in [0.1, 0.15) is 28.4 Å². The minimum Gasteiger partial charge on any atom is -0.340 e. The van der Waals surface area contributed by atoms with Gasteiger partial charge in [-0.25, -0.2) is 4.98 Å². The molecule has 0 fully saturated rings. The molecule has 0 saturated carbocycles. The third kappa shape index (κ3) is 3.91. The Morgan fingerprint density at radius 2 is 2.04 bits per heavy atom. The maximum absolute atomic E-state index is 12.6. The first kappa shape index (κ1) is 17.0. The van der Waals surface area contributed by atoms with Gasteiger partial charge in [0, 0.05) is 52.6 Å². The van der Waals surface area contributed by atoms with Crippen LogP contribution in [0, 0.1) is 0 Å². The van der Waals surface area contributed by atoms with Gasteiger partial charge in [0.25, 0.3) is 5.91 Å². The second kappa shape index (κ2) is 6.43. The summed E-state index contributed by atoms with van der Waals surface area (Å²) < 4.78 is 40.7. The van der Waals surface area contributed by atoms with E-state index in [9.17, 15) is 18.0 Å². The monoisotopic (exact) mass is 329 g/mol. The molecule has 0 bridgehead atoms. The number of nitrogens with zero attached hydrogens (tertiary/aromatic N) is 5. The second-order valence-electron chi connectivity index (χ2n) is 5.32. The summed E-state index contributed by atoms with van der Waals surface area (Å²) >= 11 is 0. The molecule has 0 aromatic carbocycles. The fourth-order valence-corrected chi connectivity index (χ4v) is 2.21. The van der Waals surface area contributed by atoms with Crippen LogP contribution in [-0.2, 0) is 26.7 Å². The predicted octanol–water partition coefficient (Wildman–Crippen LogP) is 1.88. The Kier molecular flexibility index (Phi) is 4.76. The third-order valence-electron chi connectivity index (χ3n) is 3.55. The molecule has 126 valence electrons. The van der Waals surface area contributed by atoms with Crippen molar-refractivity contribution in [2.45, 2.75) is 19.0 Å². The molecule has 0 aliphatic rings. The van der Waals surface area contributed by atoms with Crippen molar-refractivity contribution in [3.05, 3.63) is 35.7 Å². The zero-order chi connectivity index (χ0) is 17.2. The summed E-state index contributed by atoms with van der Waals surface area (Å²) in [5.74, 6) is 0.404. The van der Waals surface area contributed by atoms with E-state index in [2.05, 4.69) is 10.1 Å². The Morgan fingerprint density at radius 1 is 1.35 bits per heavy atom. The number of rotatable bonds is 5. The topological polar surface area (TPSA) is 56.0 Å². The molecular weight excluding hydrogens is 311 g/mol. The minimum atomic E-state index is -4.56. The number of hydrogen-bond acceptors (Lipinski definition) is 3. The Hall–Kier alpha value is -2.32. The lowest BCUT2D eigenvalue weighted by atomic mass is 10.2.